The van der Waals surface area contributed by atoms with Crippen molar-refractivity contribution in [3.63, 3.8) is 0 Å². The highest BCUT2D eigenvalue weighted by Crippen LogP contribution is 2.32. The van der Waals surface area contributed by atoms with Crippen LogP contribution in [-0.4, -0.2) is 35.0 Å². The fraction of sp³-hybridized carbons (Fsp3) is 0.379. The molecule has 36 heavy (non-hydrogen) atoms. The van der Waals surface area contributed by atoms with E-state index in [0.717, 1.165) is 66.5 Å². The van der Waals surface area contributed by atoms with Crippen LogP contribution in [0.2, 0.25) is 0 Å². The van der Waals surface area contributed by atoms with Crippen molar-refractivity contribution in [1.82, 2.24) is 9.97 Å². The number of rotatable bonds is 7. The van der Waals surface area contributed by atoms with E-state index in [2.05, 4.69) is 26.7 Å². The second kappa shape index (κ2) is 10.6. The van der Waals surface area contributed by atoms with Crippen LogP contribution >= 0.6 is 0 Å². The van der Waals surface area contributed by atoms with E-state index in [9.17, 15) is 9.59 Å². The topological polar surface area (TPSA) is 93.2 Å². The highest BCUT2D eigenvalue weighted by atomic mass is 16.5. The van der Waals surface area contributed by atoms with Gasteiger partial charge in [0.2, 0.25) is 11.8 Å². The van der Waals surface area contributed by atoms with E-state index in [1.807, 2.05) is 43.3 Å². The third-order valence-corrected chi connectivity index (χ3v) is 7.20. The smallest absolute Gasteiger partial charge is 0.228 e. The average Bonchev–Trinajstić information content (AvgIpc) is 3.76. The van der Waals surface area contributed by atoms with E-state index in [1.165, 1.54) is 0 Å². The standard InChI is InChI=1S/C29H32N4O3/c1-18-26(16-24(17-31-18)32-28(34)20-8-10-25(36-2)11-9-20)23-5-3-4-21(14-23)22-12-13-30-27(15-22)33-29(35)19-6-7-19/h3-5,12-17,19-20,25H,6-11H2,1-2H3,(H,32,34)(H,30,33,35)/t20-,25-. The second-order valence-corrected chi connectivity index (χ2v) is 9.83. The van der Waals surface area contributed by atoms with Crippen molar-refractivity contribution in [2.24, 2.45) is 11.8 Å². The van der Waals surface area contributed by atoms with Gasteiger partial charge in [-0.2, -0.15) is 0 Å². The van der Waals surface area contributed by atoms with Gasteiger partial charge < -0.3 is 15.4 Å². The minimum Gasteiger partial charge on any atom is -0.381 e. The molecule has 0 saturated heterocycles. The Balaban J connectivity index is 1.33. The molecule has 2 fully saturated rings. The van der Waals surface area contributed by atoms with Gasteiger partial charge in [-0.25, -0.2) is 4.98 Å². The number of anilines is 2. The largest absolute Gasteiger partial charge is 0.381 e. The number of ether oxygens (including phenoxy) is 1. The van der Waals surface area contributed by atoms with Gasteiger partial charge in [-0.3, -0.25) is 14.6 Å². The lowest BCUT2D eigenvalue weighted by molar-refractivity contribution is -0.121. The summed E-state index contributed by atoms with van der Waals surface area (Å²) in [4.78, 5) is 33.9. The number of carbonyl (C=O) groups excluding carboxylic acids is 2. The SMILES string of the molecule is CO[C@H]1CC[C@H](C(=O)Nc2cnc(C)c(-c3cccc(-c4ccnc(NC(=O)C5CC5)c4)c3)c2)CC1. The molecule has 3 aromatic rings. The Hall–Kier alpha value is -3.58. The molecule has 7 heteroatoms. The van der Waals surface area contributed by atoms with Gasteiger partial charge in [0.05, 0.1) is 18.0 Å². The number of nitrogens with one attached hydrogen (secondary N) is 2. The average molecular weight is 485 g/mol. The third-order valence-electron chi connectivity index (χ3n) is 7.20. The molecule has 0 aliphatic heterocycles. The van der Waals surface area contributed by atoms with E-state index in [0.29, 0.717) is 11.5 Å². The molecule has 1 aromatic carbocycles. The van der Waals surface area contributed by atoms with Crippen molar-refractivity contribution in [3.05, 3.63) is 60.6 Å². The van der Waals surface area contributed by atoms with Crippen molar-refractivity contribution >= 4 is 23.3 Å². The Morgan fingerprint density at radius 3 is 2.22 bits per heavy atom. The molecule has 2 N–H and O–H groups in total. The minimum atomic E-state index is 0.00534. The lowest BCUT2D eigenvalue weighted by Gasteiger charge is -2.26. The maximum absolute atomic E-state index is 12.9. The Kier molecular flexibility index (Phi) is 7.09. The van der Waals surface area contributed by atoms with Gasteiger partial charge in [-0.15, -0.1) is 0 Å². The number of hydrogen-bond acceptors (Lipinski definition) is 5. The van der Waals surface area contributed by atoms with Crippen molar-refractivity contribution in [2.75, 3.05) is 17.7 Å². The van der Waals surface area contributed by atoms with Crippen LogP contribution in [0.15, 0.2) is 54.9 Å². The Morgan fingerprint density at radius 1 is 0.833 bits per heavy atom. The second-order valence-electron chi connectivity index (χ2n) is 9.83. The highest BCUT2D eigenvalue weighted by molar-refractivity contribution is 5.94. The number of pyridine rings is 2. The molecule has 0 unspecified atom stereocenters. The van der Waals surface area contributed by atoms with Crippen LogP contribution in [0.4, 0.5) is 11.5 Å². The summed E-state index contributed by atoms with van der Waals surface area (Å²) < 4.78 is 5.43. The van der Waals surface area contributed by atoms with Crippen molar-refractivity contribution in [1.29, 1.82) is 0 Å². The minimum absolute atomic E-state index is 0.00534. The summed E-state index contributed by atoms with van der Waals surface area (Å²) in [7, 11) is 1.74. The lowest BCUT2D eigenvalue weighted by atomic mass is 9.86. The van der Waals surface area contributed by atoms with Gasteiger partial charge in [0.25, 0.3) is 0 Å². The van der Waals surface area contributed by atoms with Crippen LogP contribution in [0.5, 0.6) is 0 Å². The molecule has 186 valence electrons. The summed E-state index contributed by atoms with van der Waals surface area (Å²) in [6, 6.07) is 14.0. The zero-order chi connectivity index (χ0) is 25.1. The van der Waals surface area contributed by atoms with Crippen LogP contribution in [0.25, 0.3) is 22.3 Å². The first kappa shape index (κ1) is 24.1. The summed E-state index contributed by atoms with van der Waals surface area (Å²) in [6.45, 7) is 1.97. The van der Waals surface area contributed by atoms with Crippen LogP contribution in [0.1, 0.15) is 44.2 Å². The fourth-order valence-electron chi connectivity index (χ4n) is 4.82. The first-order valence-corrected chi connectivity index (χ1v) is 12.7. The van der Waals surface area contributed by atoms with Crippen LogP contribution < -0.4 is 10.6 Å². The number of nitrogens with zero attached hydrogens (tertiary/aromatic N) is 2. The fourth-order valence-corrected chi connectivity index (χ4v) is 4.82. The molecular weight excluding hydrogens is 452 g/mol. The van der Waals surface area contributed by atoms with Crippen LogP contribution in [0.3, 0.4) is 0 Å². The van der Waals surface area contributed by atoms with Gasteiger partial charge in [-0.1, -0.05) is 18.2 Å². The first-order chi connectivity index (χ1) is 17.5. The summed E-state index contributed by atoms with van der Waals surface area (Å²) in [5, 5.41) is 6.00. The predicted molar refractivity (Wildman–Crippen MR) is 140 cm³/mol. The molecule has 2 aliphatic rings. The van der Waals surface area contributed by atoms with Crippen molar-refractivity contribution < 1.29 is 14.3 Å². The van der Waals surface area contributed by atoms with Gasteiger partial charge in [0.15, 0.2) is 0 Å². The lowest BCUT2D eigenvalue weighted by Crippen LogP contribution is -2.29. The van der Waals surface area contributed by atoms with E-state index in [1.54, 1.807) is 19.5 Å². The van der Waals surface area contributed by atoms with Crippen molar-refractivity contribution in [3.8, 4) is 22.3 Å². The number of methoxy groups -OCH3 is 1. The first-order valence-electron chi connectivity index (χ1n) is 12.7. The van der Waals surface area contributed by atoms with E-state index >= 15 is 0 Å². The van der Waals surface area contributed by atoms with Crippen molar-refractivity contribution in [2.45, 2.75) is 51.6 Å². The summed E-state index contributed by atoms with van der Waals surface area (Å²) in [5.74, 6) is 0.790. The molecule has 2 amide bonds. The van der Waals surface area contributed by atoms with E-state index in [-0.39, 0.29) is 29.8 Å². The van der Waals surface area contributed by atoms with E-state index in [4.69, 9.17) is 4.74 Å². The maximum Gasteiger partial charge on any atom is 0.228 e. The normalized spacial score (nSPS) is 19.5. The number of hydrogen-bond donors (Lipinski definition) is 2. The number of carbonyl (C=O) groups is 2. The zero-order valence-corrected chi connectivity index (χ0v) is 20.8. The monoisotopic (exact) mass is 484 g/mol. The molecule has 5 rings (SSSR count). The van der Waals surface area contributed by atoms with Gasteiger partial charge >= 0.3 is 0 Å². The molecule has 2 aliphatic carbocycles. The van der Waals surface area contributed by atoms with Crippen LogP contribution in [0, 0.1) is 18.8 Å². The molecule has 0 spiro atoms. The predicted octanol–water partition coefficient (Wildman–Crippen LogP) is 5.61. The molecule has 2 saturated carbocycles. The Labute approximate surface area is 211 Å². The molecular formula is C29H32N4O3. The van der Waals surface area contributed by atoms with Gasteiger partial charge in [0, 0.05) is 36.4 Å². The Bertz CT molecular complexity index is 1260. The molecule has 0 atom stereocenters. The van der Waals surface area contributed by atoms with Crippen LogP contribution in [-0.2, 0) is 14.3 Å². The number of benzene rings is 1. The zero-order valence-electron chi connectivity index (χ0n) is 20.8. The molecule has 0 radical (unpaired) electrons. The molecule has 7 nitrogen and oxygen atoms in total. The number of aryl methyl sites for hydroxylation is 1. The maximum atomic E-state index is 12.9. The molecule has 0 bridgehead atoms. The third kappa shape index (κ3) is 5.62. The van der Waals surface area contributed by atoms with Gasteiger partial charge in [0.1, 0.15) is 5.82 Å². The number of aromatic nitrogens is 2. The summed E-state index contributed by atoms with van der Waals surface area (Å²) in [5.41, 5.74) is 5.55. The number of amides is 2. The molecule has 2 heterocycles. The Morgan fingerprint density at radius 2 is 1.50 bits per heavy atom. The summed E-state index contributed by atoms with van der Waals surface area (Å²) in [6.07, 6.45) is 9.12. The quantitative estimate of drug-likeness (QED) is 0.455. The molecule has 2 aromatic heterocycles. The summed E-state index contributed by atoms with van der Waals surface area (Å²) >= 11 is 0. The highest BCUT2D eigenvalue weighted by Gasteiger charge is 2.30. The van der Waals surface area contributed by atoms with E-state index < -0.39 is 0 Å². The van der Waals surface area contributed by atoms with Gasteiger partial charge in [-0.05, 0) is 86.4 Å².